The first-order valence-electron chi connectivity index (χ1n) is 10.8. The molecule has 31 heavy (non-hydrogen) atoms. The Labute approximate surface area is 183 Å². The molecule has 0 bridgehead atoms. The first-order valence-corrected chi connectivity index (χ1v) is 10.8. The minimum atomic E-state index is 0.531. The Kier molecular flexibility index (Phi) is 4.62. The lowest BCUT2D eigenvalue weighted by molar-refractivity contribution is -0.660. The average Bonchev–Trinajstić information content (AvgIpc) is 3.12. The Hall–Kier alpha value is -3.46. The van der Waals surface area contributed by atoms with Crippen molar-refractivity contribution in [1.29, 1.82) is 0 Å². The molecular weight excluding hydrogens is 380 g/mol. The number of aromatic nitrogens is 2. The minimum Gasteiger partial charge on any atom is -0.437 e. The molecule has 0 N–H and O–H groups in total. The van der Waals surface area contributed by atoms with Crippen molar-refractivity contribution in [1.82, 2.24) is 4.98 Å². The third-order valence-electron chi connectivity index (χ3n) is 6.17. The molecule has 0 amide bonds. The number of aryl methyl sites for hydroxylation is 3. The molecule has 0 unspecified atom stereocenters. The van der Waals surface area contributed by atoms with Gasteiger partial charge in [0.2, 0.25) is 11.4 Å². The average molecular weight is 408 g/mol. The van der Waals surface area contributed by atoms with E-state index in [1.807, 2.05) is 13.0 Å². The molecule has 3 heterocycles. The van der Waals surface area contributed by atoms with Gasteiger partial charge in [0.15, 0.2) is 11.8 Å². The van der Waals surface area contributed by atoms with Gasteiger partial charge in [0, 0.05) is 28.6 Å². The van der Waals surface area contributed by atoms with E-state index in [2.05, 4.69) is 98.2 Å². The molecule has 0 fully saturated rings. The van der Waals surface area contributed by atoms with Crippen LogP contribution in [-0.4, -0.2) is 4.98 Å². The molecule has 3 heteroatoms. The minimum absolute atomic E-state index is 0.531. The van der Waals surface area contributed by atoms with E-state index in [1.54, 1.807) is 0 Å². The van der Waals surface area contributed by atoms with Gasteiger partial charge >= 0.3 is 0 Å². The van der Waals surface area contributed by atoms with Gasteiger partial charge in [-0.2, -0.15) is 0 Å². The SMILES string of the molecule is Cc1ccc2c(n1)oc1c(-c3cc(-c4ccc(C(C)C)cc4)cc[n+]3C)c(C)ccc12. The second-order valence-corrected chi connectivity index (χ2v) is 8.73. The molecular formula is C28H27N2O+. The molecule has 0 radical (unpaired) electrons. The molecule has 0 aliphatic carbocycles. The highest BCUT2D eigenvalue weighted by Crippen LogP contribution is 2.37. The van der Waals surface area contributed by atoms with Crippen LogP contribution in [0.4, 0.5) is 0 Å². The normalized spacial score (nSPS) is 11.7. The molecule has 3 nitrogen and oxygen atoms in total. The predicted octanol–water partition coefficient (Wildman–Crippen LogP) is 6.88. The van der Waals surface area contributed by atoms with Gasteiger partial charge in [-0.05, 0) is 54.2 Å². The lowest BCUT2D eigenvalue weighted by atomic mass is 9.96. The van der Waals surface area contributed by atoms with Crippen molar-refractivity contribution in [2.24, 2.45) is 7.05 Å². The summed E-state index contributed by atoms with van der Waals surface area (Å²) in [6.45, 7) is 8.59. The maximum Gasteiger partial charge on any atom is 0.227 e. The van der Waals surface area contributed by atoms with Crippen LogP contribution < -0.4 is 4.57 Å². The van der Waals surface area contributed by atoms with Crippen molar-refractivity contribution in [3.05, 3.63) is 83.7 Å². The first-order chi connectivity index (χ1) is 14.9. The van der Waals surface area contributed by atoms with Crippen molar-refractivity contribution in [2.45, 2.75) is 33.6 Å². The van der Waals surface area contributed by atoms with Crippen molar-refractivity contribution in [3.63, 3.8) is 0 Å². The lowest BCUT2D eigenvalue weighted by Crippen LogP contribution is -2.30. The van der Waals surface area contributed by atoms with Crippen LogP contribution in [0, 0.1) is 13.8 Å². The summed E-state index contributed by atoms with van der Waals surface area (Å²) in [7, 11) is 2.09. The molecule has 154 valence electrons. The third-order valence-corrected chi connectivity index (χ3v) is 6.17. The van der Waals surface area contributed by atoms with Gasteiger partial charge in [-0.3, -0.25) is 0 Å². The van der Waals surface area contributed by atoms with Gasteiger partial charge in [0.25, 0.3) is 0 Å². The summed E-state index contributed by atoms with van der Waals surface area (Å²) in [5.74, 6) is 0.531. The zero-order chi connectivity index (χ0) is 21.7. The molecule has 5 rings (SSSR count). The van der Waals surface area contributed by atoms with Gasteiger partial charge in [-0.1, -0.05) is 50.2 Å². The van der Waals surface area contributed by atoms with E-state index >= 15 is 0 Å². The summed E-state index contributed by atoms with van der Waals surface area (Å²) in [6, 6.07) is 21.8. The van der Waals surface area contributed by atoms with Crippen LogP contribution >= 0.6 is 0 Å². The summed E-state index contributed by atoms with van der Waals surface area (Å²) in [5, 5.41) is 2.17. The van der Waals surface area contributed by atoms with E-state index in [-0.39, 0.29) is 0 Å². The molecule has 2 aromatic carbocycles. The quantitative estimate of drug-likeness (QED) is 0.305. The number of pyridine rings is 2. The van der Waals surface area contributed by atoms with Crippen LogP contribution in [0.25, 0.3) is 44.5 Å². The molecule has 0 aliphatic heterocycles. The van der Waals surface area contributed by atoms with Gasteiger partial charge in [-0.15, -0.1) is 0 Å². The molecule has 0 saturated heterocycles. The van der Waals surface area contributed by atoms with E-state index in [0.717, 1.165) is 33.3 Å². The Balaban J connectivity index is 1.72. The fourth-order valence-corrected chi connectivity index (χ4v) is 4.29. The number of hydrogen-bond donors (Lipinski definition) is 0. The van der Waals surface area contributed by atoms with Crippen molar-refractivity contribution in [3.8, 4) is 22.4 Å². The first kappa shape index (κ1) is 19.5. The number of rotatable bonds is 3. The van der Waals surface area contributed by atoms with Crippen LogP contribution in [0.15, 0.2) is 71.3 Å². The van der Waals surface area contributed by atoms with Gasteiger partial charge in [-0.25, -0.2) is 9.55 Å². The van der Waals surface area contributed by atoms with Gasteiger partial charge < -0.3 is 4.42 Å². The van der Waals surface area contributed by atoms with Gasteiger partial charge in [0.05, 0.1) is 5.56 Å². The molecule has 0 aliphatic rings. The second-order valence-electron chi connectivity index (χ2n) is 8.73. The van der Waals surface area contributed by atoms with E-state index in [1.165, 1.54) is 22.3 Å². The van der Waals surface area contributed by atoms with Crippen molar-refractivity contribution < 1.29 is 8.98 Å². The molecule has 0 saturated carbocycles. The standard InChI is InChI=1S/C28H27N2O/c1-17(2)20-8-10-21(11-9-20)22-14-15-30(5)25(16-22)26-18(3)6-12-23-24-13-7-19(4)29-28(24)31-27(23)26/h6-17H,1-5H3/q+1. The second kappa shape index (κ2) is 7.35. The Morgan fingerprint density at radius 2 is 1.58 bits per heavy atom. The summed E-state index contributed by atoms with van der Waals surface area (Å²) in [6.07, 6.45) is 2.13. The Bertz CT molecular complexity index is 1430. The van der Waals surface area contributed by atoms with E-state index < -0.39 is 0 Å². The summed E-state index contributed by atoms with van der Waals surface area (Å²) >= 11 is 0. The van der Waals surface area contributed by atoms with Crippen molar-refractivity contribution >= 4 is 22.1 Å². The highest BCUT2D eigenvalue weighted by atomic mass is 16.3. The maximum absolute atomic E-state index is 6.32. The van der Waals surface area contributed by atoms with E-state index in [0.29, 0.717) is 11.6 Å². The van der Waals surface area contributed by atoms with Crippen LogP contribution in [0.3, 0.4) is 0 Å². The lowest BCUT2D eigenvalue weighted by Gasteiger charge is -2.09. The molecule has 0 atom stereocenters. The largest absolute Gasteiger partial charge is 0.437 e. The Morgan fingerprint density at radius 3 is 2.32 bits per heavy atom. The summed E-state index contributed by atoms with van der Waals surface area (Å²) in [4.78, 5) is 4.61. The highest BCUT2D eigenvalue weighted by molar-refractivity contribution is 6.08. The number of furan rings is 1. The van der Waals surface area contributed by atoms with E-state index in [9.17, 15) is 0 Å². The number of benzene rings is 2. The zero-order valence-corrected chi connectivity index (χ0v) is 18.7. The van der Waals surface area contributed by atoms with Gasteiger partial charge in [0.1, 0.15) is 7.05 Å². The fourth-order valence-electron chi connectivity index (χ4n) is 4.29. The summed E-state index contributed by atoms with van der Waals surface area (Å²) in [5.41, 5.74) is 9.77. The number of nitrogens with zero attached hydrogens (tertiary/aromatic N) is 2. The van der Waals surface area contributed by atoms with E-state index in [4.69, 9.17) is 4.42 Å². The third kappa shape index (κ3) is 3.31. The smallest absolute Gasteiger partial charge is 0.227 e. The van der Waals surface area contributed by atoms with Crippen LogP contribution in [0.1, 0.15) is 36.6 Å². The molecule has 3 aromatic heterocycles. The summed E-state index contributed by atoms with van der Waals surface area (Å²) < 4.78 is 8.48. The van der Waals surface area contributed by atoms with Crippen LogP contribution in [0.2, 0.25) is 0 Å². The predicted molar refractivity (Wildman–Crippen MR) is 127 cm³/mol. The molecule has 0 spiro atoms. The Morgan fingerprint density at radius 1 is 0.839 bits per heavy atom. The van der Waals surface area contributed by atoms with Crippen molar-refractivity contribution in [2.75, 3.05) is 0 Å². The fraction of sp³-hybridized carbons (Fsp3) is 0.214. The topological polar surface area (TPSA) is 29.9 Å². The monoisotopic (exact) mass is 407 g/mol. The number of hydrogen-bond acceptors (Lipinski definition) is 2. The maximum atomic E-state index is 6.32. The number of fused-ring (bicyclic) bond motifs is 3. The zero-order valence-electron chi connectivity index (χ0n) is 18.7. The van der Waals surface area contributed by atoms with Crippen LogP contribution in [-0.2, 0) is 7.05 Å². The molecule has 5 aromatic rings. The highest BCUT2D eigenvalue weighted by Gasteiger charge is 2.21. The van der Waals surface area contributed by atoms with Crippen LogP contribution in [0.5, 0.6) is 0 Å².